The monoisotopic (exact) mass is 393 g/mol. The highest BCUT2D eigenvalue weighted by Crippen LogP contribution is 2.33. The van der Waals surface area contributed by atoms with Crippen LogP contribution in [0, 0.1) is 0 Å². The molecule has 0 bridgehead atoms. The molecule has 0 aromatic carbocycles. The summed E-state index contributed by atoms with van der Waals surface area (Å²) in [6.07, 6.45) is -1.33. The van der Waals surface area contributed by atoms with E-state index in [1.807, 2.05) is 0 Å². The Morgan fingerprint density at radius 2 is 1.96 bits per heavy atom. The fourth-order valence-corrected chi connectivity index (χ4v) is 3.16. The highest BCUT2D eigenvalue weighted by Gasteiger charge is 2.38. The molecule has 8 nitrogen and oxygen atoms in total. The number of halogens is 3. The highest BCUT2D eigenvalue weighted by molar-refractivity contribution is 7.15. The van der Waals surface area contributed by atoms with Crippen LogP contribution in [-0.4, -0.2) is 30.2 Å². The van der Waals surface area contributed by atoms with Gasteiger partial charge in [-0.25, -0.2) is 9.67 Å². The van der Waals surface area contributed by atoms with Crippen molar-refractivity contribution in [2.45, 2.75) is 12.7 Å². The molecule has 12 heteroatoms. The van der Waals surface area contributed by atoms with Crippen LogP contribution in [0.4, 0.5) is 19.0 Å². The molecule has 0 spiro atoms. The standard InChI is InChI=1S/C15H10F3N7OS/c16-15(17,18)14-23-22-13(26-14)11-3-2-9(27-11)6-25-7-10(21-24-25)8-1-4-12(19)20-5-8/h1-5,7H,6H2,(H2,19,20). The van der Waals surface area contributed by atoms with E-state index < -0.39 is 12.1 Å². The second-order valence-electron chi connectivity index (χ2n) is 5.45. The average molecular weight is 393 g/mol. The third-order valence-corrected chi connectivity index (χ3v) is 4.54. The lowest BCUT2D eigenvalue weighted by Crippen LogP contribution is -2.04. The van der Waals surface area contributed by atoms with E-state index >= 15 is 0 Å². The van der Waals surface area contributed by atoms with Gasteiger partial charge in [-0.3, -0.25) is 0 Å². The van der Waals surface area contributed by atoms with Gasteiger partial charge in [0.1, 0.15) is 11.5 Å². The summed E-state index contributed by atoms with van der Waals surface area (Å²) in [6, 6.07) is 6.83. The fraction of sp³-hybridized carbons (Fsp3) is 0.133. The van der Waals surface area contributed by atoms with Crippen LogP contribution in [-0.2, 0) is 12.7 Å². The fourth-order valence-electron chi connectivity index (χ4n) is 2.24. The molecule has 0 saturated carbocycles. The molecule has 0 atom stereocenters. The third kappa shape index (κ3) is 3.65. The zero-order chi connectivity index (χ0) is 19.0. The van der Waals surface area contributed by atoms with Crippen molar-refractivity contribution in [3.05, 3.63) is 47.4 Å². The first-order chi connectivity index (χ1) is 12.9. The molecule has 0 amide bonds. The molecule has 138 valence electrons. The van der Waals surface area contributed by atoms with Gasteiger partial charge < -0.3 is 10.2 Å². The van der Waals surface area contributed by atoms with Gasteiger partial charge in [0.05, 0.1) is 17.6 Å². The van der Waals surface area contributed by atoms with Crippen molar-refractivity contribution in [1.82, 2.24) is 30.2 Å². The van der Waals surface area contributed by atoms with E-state index in [4.69, 9.17) is 5.73 Å². The average Bonchev–Trinajstić information content (AvgIpc) is 3.35. The molecule has 0 unspecified atom stereocenters. The van der Waals surface area contributed by atoms with Crippen molar-refractivity contribution < 1.29 is 17.6 Å². The van der Waals surface area contributed by atoms with E-state index in [0.717, 1.165) is 10.4 Å². The second kappa shape index (κ2) is 6.46. The summed E-state index contributed by atoms with van der Waals surface area (Å²) in [5.41, 5.74) is 6.96. The maximum atomic E-state index is 12.6. The van der Waals surface area contributed by atoms with Crippen molar-refractivity contribution in [1.29, 1.82) is 0 Å². The van der Waals surface area contributed by atoms with Crippen molar-refractivity contribution in [3.63, 3.8) is 0 Å². The SMILES string of the molecule is Nc1ccc(-c2cn(Cc3ccc(-c4nnc(C(F)(F)F)o4)s3)nn2)cn1. The topological polar surface area (TPSA) is 109 Å². The largest absolute Gasteiger partial charge is 0.470 e. The Kier molecular flexibility index (Phi) is 4.11. The number of aromatic nitrogens is 6. The van der Waals surface area contributed by atoms with Crippen LogP contribution in [0.15, 0.2) is 41.1 Å². The molecule has 4 rings (SSSR count). The number of rotatable bonds is 4. The van der Waals surface area contributed by atoms with Crippen LogP contribution in [0.2, 0.25) is 0 Å². The quantitative estimate of drug-likeness (QED) is 0.567. The number of alkyl halides is 3. The first-order valence-corrected chi connectivity index (χ1v) is 8.32. The zero-order valence-electron chi connectivity index (χ0n) is 13.4. The van der Waals surface area contributed by atoms with Gasteiger partial charge in [0.25, 0.3) is 5.89 Å². The van der Waals surface area contributed by atoms with Crippen molar-refractivity contribution in [2.24, 2.45) is 0 Å². The first-order valence-electron chi connectivity index (χ1n) is 7.50. The van der Waals surface area contributed by atoms with Gasteiger partial charge in [0.15, 0.2) is 0 Å². The number of hydrogen-bond donors (Lipinski definition) is 1. The van der Waals surface area contributed by atoms with Crippen molar-refractivity contribution in [2.75, 3.05) is 5.73 Å². The Labute approximate surface area is 153 Å². The number of thiophene rings is 1. The van der Waals surface area contributed by atoms with E-state index in [9.17, 15) is 13.2 Å². The number of hydrogen-bond acceptors (Lipinski definition) is 8. The van der Waals surface area contributed by atoms with Crippen LogP contribution in [0.5, 0.6) is 0 Å². The third-order valence-electron chi connectivity index (χ3n) is 3.48. The van der Waals surface area contributed by atoms with E-state index in [1.54, 1.807) is 41.3 Å². The van der Waals surface area contributed by atoms with Gasteiger partial charge in [0.2, 0.25) is 0 Å². The maximum absolute atomic E-state index is 12.6. The lowest BCUT2D eigenvalue weighted by atomic mass is 10.2. The molecular formula is C15H10F3N7OS. The van der Waals surface area contributed by atoms with E-state index in [-0.39, 0.29) is 5.89 Å². The smallest absolute Gasteiger partial charge is 0.412 e. The first kappa shape index (κ1) is 17.1. The Hall–Kier alpha value is -3.28. The molecule has 4 aromatic heterocycles. The molecule has 4 heterocycles. The lowest BCUT2D eigenvalue weighted by molar-refractivity contribution is -0.156. The summed E-state index contributed by atoms with van der Waals surface area (Å²) >= 11 is 1.23. The molecule has 0 saturated heterocycles. The predicted octanol–water partition coefficient (Wildman–Crippen LogP) is 3.10. The van der Waals surface area contributed by atoms with Crippen LogP contribution in [0.3, 0.4) is 0 Å². The summed E-state index contributed by atoms with van der Waals surface area (Å²) in [7, 11) is 0. The Balaban J connectivity index is 1.50. The zero-order valence-corrected chi connectivity index (χ0v) is 14.2. The Morgan fingerprint density at radius 1 is 1.11 bits per heavy atom. The minimum atomic E-state index is -4.67. The summed E-state index contributed by atoms with van der Waals surface area (Å²) in [5.74, 6) is -1.14. The molecular weight excluding hydrogens is 383 g/mol. The van der Waals surface area contributed by atoms with Gasteiger partial charge in [-0.2, -0.15) is 13.2 Å². The van der Waals surface area contributed by atoms with Crippen LogP contribution < -0.4 is 5.73 Å². The molecule has 27 heavy (non-hydrogen) atoms. The Morgan fingerprint density at radius 3 is 2.67 bits per heavy atom. The Bertz CT molecular complexity index is 1070. The minimum Gasteiger partial charge on any atom is -0.412 e. The molecule has 2 N–H and O–H groups in total. The molecule has 0 aliphatic rings. The summed E-state index contributed by atoms with van der Waals surface area (Å²) in [5, 5.41) is 14.6. The van der Waals surface area contributed by atoms with Crippen molar-refractivity contribution in [3.8, 4) is 22.0 Å². The molecule has 0 radical (unpaired) electrons. The lowest BCUT2D eigenvalue weighted by Gasteiger charge is -1.97. The second-order valence-corrected chi connectivity index (χ2v) is 6.62. The van der Waals surface area contributed by atoms with Gasteiger partial charge in [-0.15, -0.1) is 26.6 Å². The van der Waals surface area contributed by atoms with E-state index in [0.29, 0.717) is 22.9 Å². The summed E-state index contributed by atoms with van der Waals surface area (Å²) < 4.78 is 43.9. The van der Waals surface area contributed by atoms with Crippen molar-refractivity contribution >= 4 is 17.2 Å². The summed E-state index contributed by atoms with van der Waals surface area (Å²) in [6.45, 7) is 0.389. The molecule has 0 fully saturated rings. The number of anilines is 1. The predicted molar refractivity (Wildman–Crippen MR) is 89.4 cm³/mol. The van der Waals surface area contributed by atoms with Gasteiger partial charge in [-0.05, 0) is 24.3 Å². The van der Waals surface area contributed by atoms with E-state index in [2.05, 4.69) is 29.9 Å². The normalized spacial score (nSPS) is 11.8. The number of nitrogens with zero attached hydrogens (tertiary/aromatic N) is 6. The van der Waals surface area contributed by atoms with E-state index in [1.165, 1.54) is 11.3 Å². The highest BCUT2D eigenvalue weighted by atomic mass is 32.1. The minimum absolute atomic E-state index is 0.175. The molecule has 0 aliphatic carbocycles. The van der Waals surface area contributed by atoms with Crippen LogP contribution in [0.1, 0.15) is 10.8 Å². The van der Waals surface area contributed by atoms with Gasteiger partial charge >= 0.3 is 12.1 Å². The van der Waals surface area contributed by atoms with Gasteiger partial charge in [0, 0.05) is 16.6 Å². The van der Waals surface area contributed by atoms with Crippen LogP contribution >= 0.6 is 11.3 Å². The number of nitrogens with two attached hydrogens (primary N) is 1. The molecule has 4 aromatic rings. The maximum Gasteiger partial charge on any atom is 0.470 e. The molecule has 0 aliphatic heterocycles. The van der Waals surface area contributed by atoms with Gasteiger partial charge in [-0.1, -0.05) is 5.21 Å². The summed E-state index contributed by atoms with van der Waals surface area (Å²) in [4.78, 5) is 5.28. The number of pyridine rings is 1. The van der Waals surface area contributed by atoms with Crippen LogP contribution in [0.25, 0.3) is 22.0 Å². The number of nitrogen functional groups attached to an aromatic ring is 1.